The van der Waals surface area contributed by atoms with Gasteiger partial charge in [-0.15, -0.1) is 11.3 Å². The lowest BCUT2D eigenvalue weighted by atomic mass is 10.1. The van der Waals surface area contributed by atoms with Gasteiger partial charge in [0.05, 0.1) is 32.0 Å². The molecule has 0 spiro atoms. The second-order valence-electron chi connectivity index (χ2n) is 7.69. The molecule has 0 aliphatic rings. The fourth-order valence-electron chi connectivity index (χ4n) is 3.78. The Kier molecular flexibility index (Phi) is 6.52. The van der Waals surface area contributed by atoms with Crippen LogP contribution in [0.5, 0.6) is 11.5 Å². The fourth-order valence-corrected chi connectivity index (χ4v) is 5.70. The van der Waals surface area contributed by atoms with Crippen LogP contribution in [0.2, 0.25) is 0 Å². The fraction of sp³-hybridized carbons (Fsp3) is 0.154. The number of carbonyl (C=O) groups is 1. The van der Waals surface area contributed by atoms with E-state index >= 15 is 0 Å². The van der Waals surface area contributed by atoms with Gasteiger partial charge in [0, 0.05) is 17.1 Å². The molecule has 0 aliphatic carbocycles. The van der Waals surface area contributed by atoms with E-state index in [9.17, 15) is 9.59 Å². The van der Waals surface area contributed by atoms with Crippen LogP contribution in [0.15, 0.2) is 76.8 Å². The molecule has 3 heterocycles. The van der Waals surface area contributed by atoms with Gasteiger partial charge in [-0.3, -0.25) is 14.2 Å². The van der Waals surface area contributed by atoms with Crippen molar-refractivity contribution < 1.29 is 14.3 Å². The molecule has 0 aliphatic heterocycles. The van der Waals surface area contributed by atoms with E-state index in [1.807, 2.05) is 42.5 Å². The summed E-state index contributed by atoms with van der Waals surface area (Å²) < 4.78 is 12.8. The Balaban J connectivity index is 1.53. The summed E-state index contributed by atoms with van der Waals surface area (Å²) in [5.74, 6) is 1.05. The lowest BCUT2D eigenvalue weighted by Crippen LogP contribution is -2.23. The van der Waals surface area contributed by atoms with Crippen molar-refractivity contribution in [3.05, 3.63) is 88.3 Å². The van der Waals surface area contributed by atoms with Gasteiger partial charge in [0.1, 0.15) is 9.53 Å². The summed E-state index contributed by atoms with van der Waals surface area (Å²) in [5, 5.41) is 1.33. The Morgan fingerprint density at radius 2 is 1.83 bits per heavy atom. The quantitative estimate of drug-likeness (QED) is 0.167. The van der Waals surface area contributed by atoms with Crippen molar-refractivity contribution in [3.63, 3.8) is 0 Å². The maximum Gasteiger partial charge on any atom is 0.272 e. The zero-order chi connectivity index (χ0) is 24.4. The summed E-state index contributed by atoms with van der Waals surface area (Å²) in [5.41, 5.74) is 1.96. The number of ether oxygens (including phenoxy) is 2. The highest BCUT2D eigenvalue weighted by Crippen LogP contribution is 2.32. The van der Waals surface area contributed by atoms with Crippen LogP contribution in [-0.4, -0.2) is 40.3 Å². The number of rotatable bonds is 8. The van der Waals surface area contributed by atoms with E-state index in [0.29, 0.717) is 39.0 Å². The Morgan fingerprint density at radius 3 is 2.60 bits per heavy atom. The first-order valence-corrected chi connectivity index (χ1v) is 12.6. The molecular weight excluding hydrogens is 482 g/mol. The van der Waals surface area contributed by atoms with Gasteiger partial charge in [-0.2, -0.15) is 0 Å². The summed E-state index contributed by atoms with van der Waals surface area (Å²) in [6, 6.07) is 18.5. The zero-order valence-corrected chi connectivity index (χ0v) is 20.7. The Bertz CT molecular complexity index is 1600. The summed E-state index contributed by atoms with van der Waals surface area (Å²) >= 11 is 2.59. The molecule has 0 radical (unpaired) electrons. The second kappa shape index (κ2) is 9.89. The van der Waals surface area contributed by atoms with Crippen LogP contribution in [0.1, 0.15) is 15.9 Å². The van der Waals surface area contributed by atoms with Crippen molar-refractivity contribution in [2.24, 2.45) is 0 Å². The highest BCUT2D eigenvalue weighted by atomic mass is 32.2. The van der Waals surface area contributed by atoms with Crippen LogP contribution in [0.25, 0.3) is 20.4 Å². The summed E-state index contributed by atoms with van der Waals surface area (Å²) in [4.78, 5) is 36.6. The van der Waals surface area contributed by atoms with Crippen molar-refractivity contribution in [3.8, 4) is 11.5 Å². The molecule has 5 rings (SSSR count). The van der Waals surface area contributed by atoms with Gasteiger partial charge in [-0.1, -0.05) is 42.1 Å². The molecule has 0 saturated heterocycles. The van der Waals surface area contributed by atoms with Crippen LogP contribution in [0.4, 0.5) is 0 Å². The first-order valence-electron chi connectivity index (χ1n) is 10.8. The smallest absolute Gasteiger partial charge is 0.272 e. The molecule has 0 fully saturated rings. The number of benzene rings is 2. The summed E-state index contributed by atoms with van der Waals surface area (Å²) in [7, 11) is 3.08. The highest BCUT2D eigenvalue weighted by molar-refractivity contribution is 7.99. The normalized spacial score (nSPS) is 11.1. The van der Waals surface area contributed by atoms with Crippen molar-refractivity contribution in [1.29, 1.82) is 0 Å². The maximum absolute atomic E-state index is 13.6. The number of carbonyl (C=O) groups excluding carboxylic acids is 1. The molecule has 0 unspecified atom stereocenters. The molecule has 3 aromatic heterocycles. The molecule has 5 aromatic rings. The molecule has 0 N–H and O–H groups in total. The summed E-state index contributed by atoms with van der Waals surface area (Å²) in [6.45, 7) is 0.358. The monoisotopic (exact) mass is 503 g/mol. The van der Waals surface area contributed by atoms with Crippen LogP contribution < -0.4 is 15.0 Å². The van der Waals surface area contributed by atoms with E-state index in [1.165, 1.54) is 30.2 Å². The molecule has 35 heavy (non-hydrogen) atoms. The topological polar surface area (TPSA) is 83.3 Å². The molecule has 176 valence electrons. The molecule has 0 saturated carbocycles. The second-order valence-corrected chi connectivity index (χ2v) is 9.63. The molecule has 7 nitrogen and oxygen atoms in total. The average molecular weight is 504 g/mol. The standard InChI is InChI=1S/C26H21N3O4S2/c1-32-20-11-10-17(13-21(20)33-2)19(30)15-34-26-28-22-18-9-6-12-27-24(18)35-23(22)25(31)29(26)14-16-7-4-3-5-8-16/h3-13H,14-15H2,1-2H3. The van der Waals surface area contributed by atoms with E-state index in [2.05, 4.69) is 4.98 Å². The van der Waals surface area contributed by atoms with E-state index in [-0.39, 0.29) is 17.1 Å². The minimum atomic E-state index is -0.136. The van der Waals surface area contributed by atoms with Gasteiger partial charge in [-0.05, 0) is 35.9 Å². The number of aromatic nitrogens is 3. The van der Waals surface area contributed by atoms with Gasteiger partial charge in [-0.25, -0.2) is 9.97 Å². The van der Waals surface area contributed by atoms with E-state index < -0.39 is 0 Å². The van der Waals surface area contributed by atoms with Crippen molar-refractivity contribution in [2.45, 2.75) is 11.7 Å². The lowest BCUT2D eigenvalue weighted by Gasteiger charge is -2.12. The number of ketones is 1. The molecular formula is C26H21N3O4S2. The largest absolute Gasteiger partial charge is 0.493 e. The maximum atomic E-state index is 13.6. The van der Waals surface area contributed by atoms with Gasteiger partial charge >= 0.3 is 0 Å². The van der Waals surface area contributed by atoms with Gasteiger partial charge in [0.2, 0.25) is 0 Å². The Hall–Kier alpha value is -3.69. The first kappa shape index (κ1) is 23.1. The van der Waals surface area contributed by atoms with Crippen LogP contribution in [0, 0.1) is 0 Å². The number of fused-ring (bicyclic) bond motifs is 3. The Morgan fingerprint density at radius 1 is 1.03 bits per heavy atom. The first-order chi connectivity index (χ1) is 17.1. The number of methoxy groups -OCH3 is 2. The number of pyridine rings is 1. The predicted molar refractivity (Wildman–Crippen MR) is 139 cm³/mol. The lowest BCUT2D eigenvalue weighted by molar-refractivity contribution is 0.102. The van der Waals surface area contributed by atoms with Gasteiger partial charge in [0.25, 0.3) is 5.56 Å². The minimum absolute atomic E-state index is 0.103. The average Bonchev–Trinajstić information content (AvgIpc) is 3.28. The number of thioether (sulfide) groups is 1. The zero-order valence-electron chi connectivity index (χ0n) is 19.1. The van der Waals surface area contributed by atoms with Crippen molar-refractivity contribution in [2.75, 3.05) is 20.0 Å². The van der Waals surface area contributed by atoms with E-state index in [4.69, 9.17) is 14.5 Å². The molecule has 0 bridgehead atoms. The number of thiophene rings is 1. The van der Waals surface area contributed by atoms with Crippen LogP contribution in [-0.2, 0) is 6.54 Å². The summed E-state index contributed by atoms with van der Waals surface area (Å²) in [6.07, 6.45) is 1.71. The number of nitrogens with zero attached hydrogens (tertiary/aromatic N) is 3. The molecule has 9 heteroatoms. The van der Waals surface area contributed by atoms with Gasteiger partial charge in [0.15, 0.2) is 22.4 Å². The van der Waals surface area contributed by atoms with Gasteiger partial charge < -0.3 is 9.47 Å². The van der Waals surface area contributed by atoms with Crippen LogP contribution in [0.3, 0.4) is 0 Å². The number of Topliss-reactive ketones (excluding diaryl/α,β-unsaturated/α-hetero) is 1. The van der Waals surface area contributed by atoms with E-state index in [1.54, 1.807) is 36.1 Å². The highest BCUT2D eigenvalue weighted by Gasteiger charge is 2.19. The third kappa shape index (κ3) is 4.52. The Labute approximate surface area is 209 Å². The SMILES string of the molecule is COc1ccc(C(=O)CSc2nc3c(sc4ncccc43)c(=O)n2Cc2ccccc2)cc1OC. The number of hydrogen-bond acceptors (Lipinski definition) is 8. The minimum Gasteiger partial charge on any atom is -0.493 e. The molecule has 0 amide bonds. The molecule has 0 atom stereocenters. The third-order valence-corrected chi connectivity index (χ3v) is 7.61. The third-order valence-electron chi connectivity index (χ3n) is 5.54. The molecule has 2 aromatic carbocycles. The van der Waals surface area contributed by atoms with Crippen LogP contribution >= 0.6 is 23.1 Å². The van der Waals surface area contributed by atoms with Crippen molar-refractivity contribution >= 4 is 49.3 Å². The predicted octanol–water partition coefficient (Wildman–Crippen LogP) is 5.05. The number of hydrogen-bond donors (Lipinski definition) is 0. The van der Waals surface area contributed by atoms with Crippen molar-refractivity contribution in [1.82, 2.24) is 14.5 Å². The van der Waals surface area contributed by atoms with E-state index in [0.717, 1.165) is 15.8 Å².